The maximum absolute atomic E-state index is 5.66. The SMILES string of the molecule is C#CC(C)(C)c1ccc(-c2cccn3nc(Nc4ccc(C)cc4)nc23)cc1. The Morgan fingerprint density at radius 3 is 2.39 bits per heavy atom. The predicted molar refractivity (Wildman–Crippen MR) is 115 cm³/mol. The van der Waals surface area contributed by atoms with Gasteiger partial charge < -0.3 is 5.32 Å². The number of rotatable bonds is 4. The molecule has 138 valence electrons. The number of anilines is 2. The standard InChI is InChI=1S/C24H22N4/c1-5-24(3,4)19-12-10-18(11-13-19)21-7-6-16-28-22(21)26-23(27-28)25-20-14-8-17(2)9-15-20/h1,6-16H,2-4H3,(H,25,27). The molecule has 0 amide bonds. The van der Waals surface area contributed by atoms with Gasteiger partial charge in [-0.15, -0.1) is 11.5 Å². The first-order valence-electron chi connectivity index (χ1n) is 9.24. The van der Waals surface area contributed by atoms with E-state index in [1.165, 1.54) is 5.56 Å². The molecule has 0 aliphatic rings. The molecule has 2 aromatic heterocycles. The third-order valence-corrected chi connectivity index (χ3v) is 4.95. The maximum Gasteiger partial charge on any atom is 0.247 e. The number of fused-ring (bicyclic) bond motifs is 1. The fourth-order valence-corrected chi connectivity index (χ4v) is 3.10. The van der Waals surface area contributed by atoms with Crippen LogP contribution in [0.4, 0.5) is 11.6 Å². The summed E-state index contributed by atoms with van der Waals surface area (Å²) in [5.41, 5.74) is 5.92. The summed E-state index contributed by atoms with van der Waals surface area (Å²) in [6.07, 6.45) is 7.56. The third kappa shape index (κ3) is 3.35. The largest absolute Gasteiger partial charge is 0.323 e. The highest BCUT2D eigenvalue weighted by atomic mass is 15.3. The molecule has 2 aromatic carbocycles. The quantitative estimate of drug-likeness (QED) is 0.495. The van der Waals surface area contributed by atoms with Crippen LogP contribution in [0.5, 0.6) is 0 Å². The number of pyridine rings is 1. The van der Waals surface area contributed by atoms with E-state index in [1.807, 2.05) is 38.2 Å². The predicted octanol–water partition coefficient (Wildman–Crippen LogP) is 5.36. The zero-order valence-corrected chi connectivity index (χ0v) is 16.3. The Morgan fingerprint density at radius 2 is 1.71 bits per heavy atom. The average molecular weight is 366 g/mol. The second-order valence-electron chi connectivity index (χ2n) is 7.46. The van der Waals surface area contributed by atoms with E-state index >= 15 is 0 Å². The van der Waals surface area contributed by atoms with E-state index in [-0.39, 0.29) is 5.41 Å². The molecule has 0 radical (unpaired) electrons. The number of nitrogens with one attached hydrogen (secondary N) is 1. The molecule has 0 aliphatic carbocycles. The van der Waals surface area contributed by atoms with Crippen LogP contribution in [0, 0.1) is 19.3 Å². The maximum atomic E-state index is 5.66. The van der Waals surface area contributed by atoms with Crippen molar-refractivity contribution in [2.45, 2.75) is 26.2 Å². The van der Waals surface area contributed by atoms with Gasteiger partial charge in [-0.3, -0.25) is 0 Å². The summed E-state index contributed by atoms with van der Waals surface area (Å²) in [7, 11) is 0. The molecule has 1 N–H and O–H groups in total. The Labute approximate surface area is 165 Å². The van der Waals surface area contributed by atoms with Crippen molar-refractivity contribution in [1.82, 2.24) is 14.6 Å². The Kier molecular flexibility index (Phi) is 4.37. The van der Waals surface area contributed by atoms with E-state index in [2.05, 4.69) is 65.7 Å². The number of nitrogens with zero attached hydrogens (tertiary/aromatic N) is 3. The van der Waals surface area contributed by atoms with Gasteiger partial charge in [0.2, 0.25) is 5.95 Å². The van der Waals surface area contributed by atoms with Crippen molar-refractivity contribution in [3.63, 3.8) is 0 Å². The lowest BCUT2D eigenvalue weighted by molar-refractivity contribution is 0.699. The normalized spacial score (nSPS) is 11.4. The van der Waals surface area contributed by atoms with Crippen LogP contribution in [0.1, 0.15) is 25.0 Å². The molecule has 4 rings (SSSR count). The summed E-state index contributed by atoms with van der Waals surface area (Å²) in [6, 6.07) is 20.5. The molecule has 28 heavy (non-hydrogen) atoms. The molecule has 0 saturated heterocycles. The zero-order chi connectivity index (χ0) is 19.7. The molecule has 0 bridgehead atoms. The summed E-state index contributed by atoms with van der Waals surface area (Å²) in [5, 5.41) is 7.83. The highest BCUT2D eigenvalue weighted by molar-refractivity contribution is 5.78. The lowest BCUT2D eigenvalue weighted by atomic mass is 9.85. The molecule has 0 aliphatic heterocycles. The molecule has 0 saturated carbocycles. The Balaban J connectivity index is 1.69. The Hall–Kier alpha value is -3.58. The highest BCUT2D eigenvalue weighted by Gasteiger charge is 2.17. The van der Waals surface area contributed by atoms with Crippen molar-refractivity contribution in [3.05, 3.63) is 78.0 Å². The van der Waals surface area contributed by atoms with Gasteiger partial charge in [0, 0.05) is 17.4 Å². The monoisotopic (exact) mass is 366 g/mol. The fourth-order valence-electron chi connectivity index (χ4n) is 3.10. The number of terminal acetylenes is 1. The van der Waals surface area contributed by atoms with Crippen LogP contribution in [0.3, 0.4) is 0 Å². The summed E-state index contributed by atoms with van der Waals surface area (Å²) in [6.45, 7) is 6.16. The first-order chi connectivity index (χ1) is 13.5. The van der Waals surface area contributed by atoms with Gasteiger partial charge in [0.15, 0.2) is 5.65 Å². The number of aryl methyl sites for hydroxylation is 1. The first kappa shape index (κ1) is 17.8. The van der Waals surface area contributed by atoms with Gasteiger partial charge in [-0.2, -0.15) is 4.98 Å². The van der Waals surface area contributed by atoms with Crippen LogP contribution in [-0.4, -0.2) is 14.6 Å². The molecule has 4 heteroatoms. The first-order valence-corrected chi connectivity index (χ1v) is 9.24. The molecule has 0 unspecified atom stereocenters. The summed E-state index contributed by atoms with van der Waals surface area (Å²) >= 11 is 0. The molecular weight excluding hydrogens is 344 g/mol. The second-order valence-corrected chi connectivity index (χ2v) is 7.46. The molecule has 0 fully saturated rings. The molecule has 0 spiro atoms. The Bertz CT molecular complexity index is 1160. The number of hydrogen-bond acceptors (Lipinski definition) is 3. The lowest BCUT2D eigenvalue weighted by Crippen LogP contribution is -2.13. The minimum Gasteiger partial charge on any atom is -0.323 e. The van der Waals surface area contributed by atoms with Gasteiger partial charge in [0.25, 0.3) is 0 Å². The van der Waals surface area contributed by atoms with E-state index in [0.717, 1.165) is 28.0 Å². The average Bonchev–Trinajstić information content (AvgIpc) is 3.12. The van der Waals surface area contributed by atoms with Crippen LogP contribution >= 0.6 is 0 Å². The van der Waals surface area contributed by atoms with Crippen LogP contribution in [-0.2, 0) is 5.41 Å². The smallest absolute Gasteiger partial charge is 0.247 e. The van der Waals surface area contributed by atoms with Gasteiger partial charge in [-0.25, -0.2) is 4.52 Å². The van der Waals surface area contributed by atoms with E-state index in [9.17, 15) is 0 Å². The lowest BCUT2D eigenvalue weighted by Gasteiger charge is -2.18. The van der Waals surface area contributed by atoms with E-state index in [0.29, 0.717) is 5.95 Å². The van der Waals surface area contributed by atoms with Gasteiger partial charge in [0.05, 0.1) is 5.41 Å². The fraction of sp³-hybridized carbons (Fsp3) is 0.167. The van der Waals surface area contributed by atoms with Crippen LogP contribution in [0.25, 0.3) is 16.8 Å². The van der Waals surface area contributed by atoms with Gasteiger partial charge in [-0.05, 0) is 56.2 Å². The Morgan fingerprint density at radius 1 is 1.00 bits per heavy atom. The molecule has 2 heterocycles. The van der Waals surface area contributed by atoms with Crippen molar-refractivity contribution in [1.29, 1.82) is 0 Å². The van der Waals surface area contributed by atoms with Crippen LogP contribution in [0.15, 0.2) is 66.9 Å². The van der Waals surface area contributed by atoms with E-state index in [4.69, 9.17) is 11.4 Å². The number of hydrogen-bond donors (Lipinski definition) is 1. The second kappa shape index (κ2) is 6.86. The van der Waals surface area contributed by atoms with Crippen LogP contribution < -0.4 is 5.32 Å². The van der Waals surface area contributed by atoms with Crippen molar-refractivity contribution in [2.75, 3.05) is 5.32 Å². The van der Waals surface area contributed by atoms with Gasteiger partial charge >= 0.3 is 0 Å². The van der Waals surface area contributed by atoms with Crippen LogP contribution in [0.2, 0.25) is 0 Å². The highest BCUT2D eigenvalue weighted by Crippen LogP contribution is 2.28. The third-order valence-electron chi connectivity index (χ3n) is 4.95. The van der Waals surface area contributed by atoms with Crippen molar-refractivity contribution < 1.29 is 0 Å². The van der Waals surface area contributed by atoms with Crippen molar-refractivity contribution >= 4 is 17.3 Å². The summed E-state index contributed by atoms with van der Waals surface area (Å²) in [5.74, 6) is 3.41. The van der Waals surface area contributed by atoms with Gasteiger partial charge in [-0.1, -0.05) is 47.9 Å². The van der Waals surface area contributed by atoms with Gasteiger partial charge in [0.1, 0.15) is 0 Å². The summed E-state index contributed by atoms with van der Waals surface area (Å²) in [4.78, 5) is 4.70. The van der Waals surface area contributed by atoms with E-state index in [1.54, 1.807) is 4.52 Å². The molecule has 4 nitrogen and oxygen atoms in total. The number of aromatic nitrogens is 3. The van der Waals surface area contributed by atoms with E-state index < -0.39 is 0 Å². The zero-order valence-electron chi connectivity index (χ0n) is 16.3. The topological polar surface area (TPSA) is 42.2 Å². The number of benzene rings is 2. The van der Waals surface area contributed by atoms with Crippen molar-refractivity contribution in [3.8, 4) is 23.5 Å². The minimum absolute atomic E-state index is 0.287. The van der Waals surface area contributed by atoms with Crippen molar-refractivity contribution in [2.24, 2.45) is 0 Å². The molecule has 0 atom stereocenters. The minimum atomic E-state index is -0.287. The summed E-state index contributed by atoms with van der Waals surface area (Å²) < 4.78 is 1.80. The molecule has 4 aromatic rings. The molecular formula is C24H22N4.